The topological polar surface area (TPSA) is 144 Å². The second kappa shape index (κ2) is 16.6. The molecule has 4 aromatic rings. The summed E-state index contributed by atoms with van der Waals surface area (Å²) >= 11 is 0. The highest BCUT2D eigenvalue weighted by atomic mass is 32.2. The summed E-state index contributed by atoms with van der Waals surface area (Å²) in [5.74, 6) is -6.39. The molecular formula is C35H34F2N2O7S2. The molecule has 0 saturated carbocycles. The number of sulfonamides is 2. The van der Waals surface area contributed by atoms with E-state index in [1.807, 2.05) is 0 Å². The van der Waals surface area contributed by atoms with Gasteiger partial charge in [0, 0.05) is 0 Å². The van der Waals surface area contributed by atoms with Crippen molar-refractivity contribution in [2.45, 2.75) is 48.8 Å². The van der Waals surface area contributed by atoms with Crippen molar-refractivity contribution >= 4 is 37.4 Å². The van der Waals surface area contributed by atoms with Gasteiger partial charge in [-0.25, -0.2) is 35.1 Å². The summed E-state index contributed by atoms with van der Waals surface area (Å²) in [7, 11) is -8.55. The van der Waals surface area contributed by atoms with Gasteiger partial charge in [-0.05, 0) is 35.1 Å². The molecule has 0 aliphatic rings. The summed E-state index contributed by atoms with van der Waals surface area (Å²) in [4.78, 5) is 39.7. The van der Waals surface area contributed by atoms with Gasteiger partial charge >= 0.3 is 0 Å². The maximum absolute atomic E-state index is 15.6. The van der Waals surface area contributed by atoms with Gasteiger partial charge in [-0.1, -0.05) is 121 Å². The van der Waals surface area contributed by atoms with Gasteiger partial charge in [0.1, 0.15) is 0 Å². The van der Waals surface area contributed by atoms with E-state index in [1.165, 1.54) is 24.3 Å². The molecule has 13 heteroatoms. The van der Waals surface area contributed by atoms with E-state index in [9.17, 15) is 31.2 Å². The van der Waals surface area contributed by atoms with Crippen LogP contribution in [0.1, 0.15) is 22.3 Å². The van der Waals surface area contributed by atoms with Crippen LogP contribution < -0.4 is 9.44 Å². The second-order valence-electron chi connectivity index (χ2n) is 11.1. The molecule has 0 spiro atoms. The standard InChI is InChI=1S/C35H34F2N2O7S2/c36-31(33(40)29(21-25-13-5-1-6-14-25)38-47(43,44)23-27-17-9-3-10-18-27)35(42)32(37)34(41)30(22-26-15-7-2-8-16-26)39-48(45,46)24-28-19-11-4-12-20-28/h1-20,29-32,38-39H,21-24H2/t29-,30-,31?,32?/m0/s1. The molecule has 48 heavy (non-hydrogen) atoms. The summed E-state index contributed by atoms with van der Waals surface area (Å²) in [6.45, 7) is 0. The Morgan fingerprint density at radius 1 is 0.458 bits per heavy atom. The fourth-order valence-electron chi connectivity index (χ4n) is 4.97. The maximum Gasteiger partial charge on any atom is 0.221 e. The van der Waals surface area contributed by atoms with E-state index >= 15 is 8.78 Å². The number of carbonyl (C=O) groups excluding carboxylic acids is 3. The number of alkyl halides is 2. The Morgan fingerprint density at radius 3 is 1.02 bits per heavy atom. The Balaban J connectivity index is 1.55. The van der Waals surface area contributed by atoms with Gasteiger partial charge in [0.05, 0.1) is 23.6 Å². The Kier molecular flexibility index (Phi) is 12.6. The maximum atomic E-state index is 15.6. The van der Waals surface area contributed by atoms with E-state index in [4.69, 9.17) is 0 Å². The highest BCUT2D eigenvalue weighted by molar-refractivity contribution is 7.89. The van der Waals surface area contributed by atoms with Gasteiger partial charge in [-0.15, -0.1) is 0 Å². The van der Waals surface area contributed by atoms with Gasteiger partial charge in [0.15, 0.2) is 11.6 Å². The first-order valence-electron chi connectivity index (χ1n) is 14.9. The first-order valence-corrected chi connectivity index (χ1v) is 18.2. The highest BCUT2D eigenvalue weighted by Crippen LogP contribution is 2.17. The van der Waals surface area contributed by atoms with Crippen molar-refractivity contribution < 1.29 is 40.0 Å². The lowest BCUT2D eigenvalue weighted by molar-refractivity contribution is -0.142. The summed E-state index contributed by atoms with van der Waals surface area (Å²) < 4.78 is 87.5. The SMILES string of the molecule is O=C(C(F)C(=O)[C@H](Cc1ccccc1)NS(=O)(=O)Cc1ccccc1)C(F)C(=O)[C@H](Cc1ccccc1)NS(=O)(=O)Cc1ccccc1. The van der Waals surface area contributed by atoms with E-state index in [1.54, 1.807) is 97.1 Å². The second-order valence-corrected chi connectivity index (χ2v) is 14.6. The van der Waals surface area contributed by atoms with Crippen LogP contribution in [0.25, 0.3) is 0 Å². The molecule has 2 unspecified atom stereocenters. The van der Waals surface area contributed by atoms with E-state index in [2.05, 4.69) is 9.44 Å². The van der Waals surface area contributed by atoms with Crippen molar-refractivity contribution in [1.82, 2.24) is 9.44 Å². The molecule has 9 nitrogen and oxygen atoms in total. The summed E-state index contributed by atoms with van der Waals surface area (Å²) in [5, 5.41) is 0. The average Bonchev–Trinajstić information content (AvgIpc) is 3.07. The Morgan fingerprint density at radius 2 is 0.729 bits per heavy atom. The van der Waals surface area contributed by atoms with E-state index in [0.717, 1.165) is 0 Å². The molecule has 0 aliphatic carbocycles. The van der Waals surface area contributed by atoms with Gasteiger partial charge in [-0.3, -0.25) is 14.4 Å². The van der Waals surface area contributed by atoms with Crippen LogP contribution >= 0.6 is 0 Å². The minimum atomic E-state index is -4.28. The summed E-state index contributed by atoms with van der Waals surface area (Å²) in [6.07, 6.45) is -7.23. The number of carbonyl (C=O) groups is 3. The van der Waals surface area contributed by atoms with Crippen molar-refractivity contribution in [2.24, 2.45) is 0 Å². The predicted molar refractivity (Wildman–Crippen MR) is 177 cm³/mol. The van der Waals surface area contributed by atoms with Crippen LogP contribution in [0.15, 0.2) is 121 Å². The smallest absolute Gasteiger partial charge is 0.221 e. The van der Waals surface area contributed by atoms with E-state index in [0.29, 0.717) is 22.3 Å². The van der Waals surface area contributed by atoms with Crippen LogP contribution in [0.4, 0.5) is 8.78 Å². The number of benzene rings is 4. The molecule has 2 N–H and O–H groups in total. The Hall–Kier alpha value is -4.43. The van der Waals surface area contributed by atoms with Crippen LogP contribution in [-0.2, 0) is 58.8 Å². The van der Waals surface area contributed by atoms with Crippen molar-refractivity contribution in [3.05, 3.63) is 144 Å². The zero-order chi connectivity index (χ0) is 34.7. The third kappa shape index (κ3) is 10.8. The lowest BCUT2D eigenvalue weighted by atomic mass is 9.94. The molecule has 0 bridgehead atoms. The fourth-order valence-corrected chi connectivity index (χ4v) is 7.66. The fraction of sp³-hybridized carbons (Fsp3) is 0.229. The lowest BCUT2D eigenvalue weighted by Gasteiger charge is -2.22. The number of Topliss-reactive ketones (excluding diaryl/α,β-unsaturated/α-hetero) is 3. The average molecular weight is 697 g/mol. The van der Waals surface area contributed by atoms with E-state index < -0.39 is 73.3 Å². The zero-order valence-electron chi connectivity index (χ0n) is 25.6. The summed E-state index contributed by atoms with van der Waals surface area (Å²) in [5.41, 5.74) is 1.58. The first kappa shape index (κ1) is 36.4. The molecule has 0 aromatic heterocycles. The molecule has 4 aromatic carbocycles. The first-order chi connectivity index (χ1) is 22.8. The number of nitrogens with one attached hydrogen (secondary N) is 2. The van der Waals surface area contributed by atoms with Crippen LogP contribution in [-0.4, -0.2) is 58.6 Å². The molecule has 252 valence electrons. The van der Waals surface area contributed by atoms with Crippen molar-refractivity contribution in [2.75, 3.05) is 0 Å². The zero-order valence-corrected chi connectivity index (χ0v) is 27.2. The molecule has 0 heterocycles. The van der Waals surface area contributed by atoms with Gasteiger partial charge in [-0.2, -0.15) is 0 Å². The number of halogens is 2. The molecule has 0 aliphatic heterocycles. The van der Waals surface area contributed by atoms with Gasteiger partial charge in [0.25, 0.3) is 0 Å². The number of rotatable bonds is 18. The van der Waals surface area contributed by atoms with Crippen molar-refractivity contribution in [1.29, 1.82) is 0 Å². The van der Waals surface area contributed by atoms with Gasteiger partial charge < -0.3 is 0 Å². The lowest BCUT2D eigenvalue weighted by Crippen LogP contribution is -2.52. The summed E-state index contributed by atoms with van der Waals surface area (Å²) in [6, 6.07) is 28.3. The monoisotopic (exact) mass is 696 g/mol. The largest absolute Gasteiger partial charge is 0.294 e. The molecule has 0 saturated heterocycles. The molecule has 0 fully saturated rings. The third-order valence-electron chi connectivity index (χ3n) is 7.29. The third-order valence-corrected chi connectivity index (χ3v) is 10.0. The number of ketones is 3. The molecule has 0 radical (unpaired) electrons. The van der Waals surface area contributed by atoms with E-state index in [-0.39, 0.29) is 12.8 Å². The minimum absolute atomic E-state index is 0.373. The van der Waals surface area contributed by atoms with Crippen LogP contribution in [0.2, 0.25) is 0 Å². The normalized spacial score (nSPS) is 14.4. The minimum Gasteiger partial charge on any atom is -0.294 e. The predicted octanol–water partition coefficient (Wildman–Crippen LogP) is 3.83. The van der Waals surface area contributed by atoms with Crippen molar-refractivity contribution in [3.8, 4) is 0 Å². The molecule has 4 rings (SSSR count). The van der Waals surface area contributed by atoms with Crippen molar-refractivity contribution in [3.63, 3.8) is 0 Å². The molecular weight excluding hydrogens is 663 g/mol. The van der Waals surface area contributed by atoms with Crippen LogP contribution in [0, 0.1) is 0 Å². The number of hydrogen-bond acceptors (Lipinski definition) is 7. The quantitative estimate of drug-likeness (QED) is 0.151. The Bertz CT molecular complexity index is 1760. The highest BCUT2D eigenvalue weighted by Gasteiger charge is 2.43. The Labute approximate surface area is 278 Å². The van der Waals surface area contributed by atoms with Crippen LogP contribution in [0.5, 0.6) is 0 Å². The number of hydrogen-bond donors (Lipinski definition) is 2. The van der Waals surface area contributed by atoms with Gasteiger partial charge in [0.2, 0.25) is 38.2 Å². The van der Waals surface area contributed by atoms with Crippen LogP contribution in [0.3, 0.4) is 0 Å². The molecule has 4 atom stereocenters. The molecule has 0 amide bonds.